The summed E-state index contributed by atoms with van der Waals surface area (Å²) in [5.74, 6) is 0.325. The van der Waals surface area contributed by atoms with Crippen LogP contribution in [0.3, 0.4) is 0 Å². The van der Waals surface area contributed by atoms with Gasteiger partial charge in [0.2, 0.25) is 0 Å². The second-order valence-electron chi connectivity index (χ2n) is 4.57. The third-order valence-electron chi connectivity index (χ3n) is 2.82. The van der Waals surface area contributed by atoms with E-state index in [4.69, 9.17) is 27.9 Å². The highest BCUT2D eigenvalue weighted by atomic mass is 35.5. The smallest absolute Gasteiger partial charge is 0.258 e. The molecule has 1 atom stereocenters. The van der Waals surface area contributed by atoms with Gasteiger partial charge in [-0.1, -0.05) is 30.1 Å². The quantitative estimate of drug-likeness (QED) is 0.812. The molecule has 0 spiro atoms. The number of halogens is 2. The summed E-state index contributed by atoms with van der Waals surface area (Å²) in [7, 11) is 1.81. The van der Waals surface area contributed by atoms with Crippen molar-refractivity contribution >= 4 is 29.1 Å². The van der Waals surface area contributed by atoms with Crippen molar-refractivity contribution in [2.24, 2.45) is 0 Å². The summed E-state index contributed by atoms with van der Waals surface area (Å²) in [5.41, 5.74) is 0.821. The van der Waals surface area contributed by atoms with Gasteiger partial charge in [0, 0.05) is 23.2 Å². The third-order valence-corrected chi connectivity index (χ3v) is 3.32. The van der Waals surface area contributed by atoms with Crippen molar-refractivity contribution in [1.82, 2.24) is 10.6 Å². The van der Waals surface area contributed by atoms with E-state index in [0.717, 1.165) is 12.0 Å². The first-order valence-corrected chi connectivity index (χ1v) is 7.28. The molecule has 0 bridgehead atoms. The fraction of sp³-hybridized carbons (Fsp3) is 0.500. The Kier molecular flexibility index (Phi) is 7.13. The van der Waals surface area contributed by atoms with Crippen LogP contribution in [0.5, 0.6) is 5.75 Å². The topological polar surface area (TPSA) is 50.4 Å². The molecule has 0 radical (unpaired) electrons. The molecular formula is C14H20Cl2N2O2. The van der Waals surface area contributed by atoms with Gasteiger partial charge in [0.1, 0.15) is 5.75 Å². The second kappa shape index (κ2) is 8.35. The molecule has 1 unspecified atom stereocenters. The normalized spacial score (nSPS) is 12.1. The average molecular weight is 319 g/mol. The molecule has 0 saturated carbocycles. The van der Waals surface area contributed by atoms with Crippen LogP contribution in [-0.2, 0) is 11.3 Å². The fourth-order valence-corrected chi connectivity index (χ4v) is 2.24. The summed E-state index contributed by atoms with van der Waals surface area (Å²) in [6.07, 6.45) is 0.873. The minimum Gasteiger partial charge on any atom is -0.482 e. The SMILES string of the molecule is CCC(C)NC(=O)COc1c(Cl)cc(Cl)cc1CNC. The number of benzene rings is 1. The number of rotatable bonds is 7. The van der Waals surface area contributed by atoms with Crippen molar-refractivity contribution < 1.29 is 9.53 Å². The highest BCUT2D eigenvalue weighted by molar-refractivity contribution is 6.35. The highest BCUT2D eigenvalue weighted by Crippen LogP contribution is 2.32. The molecule has 112 valence electrons. The van der Waals surface area contributed by atoms with E-state index >= 15 is 0 Å². The van der Waals surface area contributed by atoms with Crippen LogP contribution in [-0.4, -0.2) is 25.6 Å². The first-order chi connectivity index (χ1) is 9.47. The molecular weight excluding hydrogens is 299 g/mol. The summed E-state index contributed by atoms with van der Waals surface area (Å²) in [6.45, 7) is 4.44. The van der Waals surface area contributed by atoms with Crippen LogP contribution in [0.2, 0.25) is 10.0 Å². The van der Waals surface area contributed by atoms with Crippen LogP contribution >= 0.6 is 23.2 Å². The summed E-state index contributed by atoms with van der Waals surface area (Å²) in [5, 5.41) is 6.78. The van der Waals surface area contributed by atoms with Crippen LogP contribution in [0.1, 0.15) is 25.8 Å². The summed E-state index contributed by atoms with van der Waals surface area (Å²) in [4.78, 5) is 11.7. The summed E-state index contributed by atoms with van der Waals surface area (Å²) in [6, 6.07) is 3.50. The molecule has 1 aromatic carbocycles. The van der Waals surface area contributed by atoms with E-state index < -0.39 is 0 Å². The predicted molar refractivity (Wildman–Crippen MR) is 82.6 cm³/mol. The molecule has 4 nitrogen and oxygen atoms in total. The van der Waals surface area contributed by atoms with Crippen molar-refractivity contribution in [3.8, 4) is 5.75 Å². The molecule has 6 heteroatoms. The van der Waals surface area contributed by atoms with Crippen molar-refractivity contribution in [2.45, 2.75) is 32.9 Å². The van der Waals surface area contributed by atoms with E-state index in [0.29, 0.717) is 22.3 Å². The Morgan fingerprint density at radius 1 is 1.40 bits per heavy atom. The molecule has 0 heterocycles. The van der Waals surface area contributed by atoms with E-state index in [9.17, 15) is 4.79 Å². The van der Waals surface area contributed by atoms with Gasteiger partial charge < -0.3 is 15.4 Å². The number of nitrogens with one attached hydrogen (secondary N) is 2. The lowest BCUT2D eigenvalue weighted by Crippen LogP contribution is -2.35. The maximum absolute atomic E-state index is 11.7. The molecule has 20 heavy (non-hydrogen) atoms. The molecule has 2 N–H and O–H groups in total. The number of hydrogen-bond donors (Lipinski definition) is 2. The van der Waals surface area contributed by atoms with Crippen LogP contribution in [0.25, 0.3) is 0 Å². The molecule has 0 aliphatic rings. The fourth-order valence-electron chi connectivity index (χ4n) is 1.65. The maximum atomic E-state index is 11.7. The van der Waals surface area contributed by atoms with Crippen molar-refractivity contribution in [1.29, 1.82) is 0 Å². The van der Waals surface area contributed by atoms with E-state index in [1.807, 2.05) is 20.9 Å². The average Bonchev–Trinajstić information content (AvgIpc) is 2.37. The zero-order chi connectivity index (χ0) is 15.1. The number of hydrogen-bond acceptors (Lipinski definition) is 3. The Hall–Kier alpha value is -0.970. The summed E-state index contributed by atoms with van der Waals surface area (Å²) >= 11 is 12.1. The van der Waals surface area contributed by atoms with Gasteiger partial charge in [-0.25, -0.2) is 0 Å². The molecule has 0 saturated heterocycles. The zero-order valence-corrected chi connectivity index (χ0v) is 13.4. The van der Waals surface area contributed by atoms with Gasteiger partial charge in [-0.3, -0.25) is 4.79 Å². The van der Waals surface area contributed by atoms with Crippen LogP contribution in [0, 0.1) is 0 Å². The first-order valence-electron chi connectivity index (χ1n) is 6.52. The van der Waals surface area contributed by atoms with Crippen molar-refractivity contribution in [2.75, 3.05) is 13.7 Å². The van der Waals surface area contributed by atoms with E-state index in [1.54, 1.807) is 12.1 Å². The molecule has 0 fully saturated rings. The Labute approximate surface area is 129 Å². The predicted octanol–water partition coefficient (Wildman–Crippen LogP) is 3.01. The highest BCUT2D eigenvalue weighted by Gasteiger charge is 2.13. The van der Waals surface area contributed by atoms with Gasteiger partial charge in [0.05, 0.1) is 5.02 Å². The minimum absolute atomic E-state index is 0.0671. The van der Waals surface area contributed by atoms with E-state index in [-0.39, 0.29) is 18.6 Å². The monoisotopic (exact) mass is 318 g/mol. The van der Waals surface area contributed by atoms with Crippen molar-refractivity contribution in [3.63, 3.8) is 0 Å². The first kappa shape index (κ1) is 17.1. The van der Waals surface area contributed by atoms with Crippen LogP contribution in [0.15, 0.2) is 12.1 Å². The Morgan fingerprint density at radius 3 is 2.70 bits per heavy atom. The third kappa shape index (κ3) is 5.19. The lowest BCUT2D eigenvalue weighted by atomic mass is 10.2. The van der Waals surface area contributed by atoms with Gasteiger partial charge in [0.25, 0.3) is 5.91 Å². The summed E-state index contributed by atoms with van der Waals surface area (Å²) < 4.78 is 5.54. The number of amides is 1. The number of carbonyl (C=O) groups is 1. The Morgan fingerprint density at radius 2 is 2.10 bits per heavy atom. The number of ether oxygens (including phenoxy) is 1. The molecule has 1 rings (SSSR count). The van der Waals surface area contributed by atoms with E-state index in [1.165, 1.54) is 0 Å². The number of carbonyl (C=O) groups excluding carboxylic acids is 1. The Balaban J connectivity index is 2.74. The van der Waals surface area contributed by atoms with Crippen molar-refractivity contribution in [3.05, 3.63) is 27.7 Å². The van der Waals surface area contributed by atoms with Gasteiger partial charge in [-0.05, 0) is 32.5 Å². The zero-order valence-electron chi connectivity index (χ0n) is 11.9. The molecule has 0 aliphatic heterocycles. The minimum atomic E-state index is -0.166. The second-order valence-corrected chi connectivity index (χ2v) is 5.42. The lowest BCUT2D eigenvalue weighted by Gasteiger charge is -2.15. The molecule has 0 aliphatic carbocycles. The van der Waals surface area contributed by atoms with E-state index in [2.05, 4.69) is 10.6 Å². The molecule has 0 aromatic heterocycles. The van der Waals surface area contributed by atoms with Gasteiger partial charge >= 0.3 is 0 Å². The van der Waals surface area contributed by atoms with Gasteiger partial charge in [-0.15, -0.1) is 0 Å². The van der Waals surface area contributed by atoms with Crippen LogP contribution < -0.4 is 15.4 Å². The molecule has 1 aromatic rings. The van der Waals surface area contributed by atoms with Gasteiger partial charge in [-0.2, -0.15) is 0 Å². The lowest BCUT2D eigenvalue weighted by molar-refractivity contribution is -0.123. The van der Waals surface area contributed by atoms with Crippen LogP contribution in [0.4, 0.5) is 0 Å². The van der Waals surface area contributed by atoms with Gasteiger partial charge in [0.15, 0.2) is 6.61 Å². The Bertz CT molecular complexity index is 467. The largest absolute Gasteiger partial charge is 0.482 e. The maximum Gasteiger partial charge on any atom is 0.258 e. The standard InChI is InChI=1S/C14H20Cl2N2O2/c1-4-9(2)18-13(19)8-20-14-10(7-17-3)5-11(15)6-12(14)16/h5-6,9,17H,4,7-8H2,1-3H3,(H,18,19). The molecule has 1 amide bonds.